The number of unbranched alkanes of at least 4 members (excludes halogenated alkanes) is 7. The fourth-order valence-corrected chi connectivity index (χ4v) is 4.95. The Morgan fingerprint density at radius 3 is 1.08 bits per heavy atom. The number of nitrogens with zero attached hydrogens (tertiary/aromatic N) is 1. The van der Waals surface area contributed by atoms with Crippen LogP contribution in [0.4, 0.5) is 0 Å². The number of hydrogen-bond donors (Lipinski definition) is 2. The summed E-state index contributed by atoms with van der Waals surface area (Å²) >= 11 is 0. The van der Waals surface area contributed by atoms with E-state index in [2.05, 4.69) is 123 Å². The molecule has 0 aliphatic carbocycles. The van der Waals surface area contributed by atoms with Crippen LogP contribution in [0.25, 0.3) is 43.1 Å². The van der Waals surface area contributed by atoms with Crippen LogP contribution >= 0.6 is 0 Å². The van der Waals surface area contributed by atoms with Crippen molar-refractivity contribution in [1.82, 2.24) is 4.90 Å². The molecule has 5 aromatic carbocycles. The van der Waals surface area contributed by atoms with Crippen molar-refractivity contribution in [2.45, 2.75) is 58.3 Å². The molecule has 196 valence electrons. The molecule has 5 rings (SSSR count). The summed E-state index contributed by atoms with van der Waals surface area (Å²) in [4.78, 5) is 2.27. The molecule has 0 aliphatic rings. The van der Waals surface area contributed by atoms with E-state index in [1.165, 1.54) is 101 Å². The topological polar surface area (TPSA) is 55.3 Å². The molecule has 3 nitrogen and oxygen atoms in total. The minimum absolute atomic E-state index is 1.26. The maximum Gasteiger partial charge on any atom is -0.00248 e. The second-order valence-corrected chi connectivity index (χ2v) is 10.2. The van der Waals surface area contributed by atoms with Crippen molar-refractivity contribution < 1.29 is 0 Å². The smallest absolute Gasteiger partial charge is 0.00248 e. The highest BCUT2D eigenvalue weighted by molar-refractivity contribution is 6.08. The second kappa shape index (κ2) is 15.3. The quantitative estimate of drug-likeness (QED) is 0.0929. The number of fused-ring (bicyclic) bond motifs is 4. The first kappa shape index (κ1) is 28.6. The van der Waals surface area contributed by atoms with Crippen LogP contribution in [0.2, 0.25) is 0 Å². The van der Waals surface area contributed by atoms with Crippen LogP contribution in [0, 0.1) is 0 Å². The zero-order valence-corrected chi connectivity index (χ0v) is 23.0. The molecule has 0 atom stereocenters. The Morgan fingerprint density at radius 2 is 0.757 bits per heavy atom. The van der Waals surface area contributed by atoms with Crippen molar-refractivity contribution in [2.75, 3.05) is 20.6 Å². The number of rotatable bonds is 9. The monoisotopic (exact) mass is 495 g/mol. The van der Waals surface area contributed by atoms with Gasteiger partial charge in [-0.1, -0.05) is 100 Å². The van der Waals surface area contributed by atoms with Gasteiger partial charge in [-0.25, -0.2) is 0 Å². The lowest BCUT2D eigenvalue weighted by Gasteiger charge is -2.08. The minimum atomic E-state index is 1.26. The van der Waals surface area contributed by atoms with E-state index in [1.807, 2.05) is 0 Å². The van der Waals surface area contributed by atoms with E-state index >= 15 is 0 Å². The maximum absolute atomic E-state index is 4.00. The van der Waals surface area contributed by atoms with Gasteiger partial charge >= 0.3 is 0 Å². The molecule has 0 fully saturated rings. The van der Waals surface area contributed by atoms with Gasteiger partial charge in [-0.3, -0.25) is 11.7 Å². The lowest BCUT2D eigenvalue weighted by atomic mass is 9.97. The number of nitrogens with two attached hydrogens (primary N) is 2. The standard InChI is InChI=1S/C22H14.C12H27N.H4N2/c1-2-6-16-10-20-14-22-12-18-8-4-3-7-17(18)11-21(22)13-19(20)9-15(16)5-1;1-4-5-6-7-8-9-10-11-12-13(2)3;1-2/h1-14H;4-12H2,1-3H3;1-2H2. The van der Waals surface area contributed by atoms with Crippen LogP contribution in [-0.2, 0) is 0 Å². The van der Waals surface area contributed by atoms with Crippen LogP contribution in [0.5, 0.6) is 0 Å². The third kappa shape index (κ3) is 8.53. The maximum atomic E-state index is 4.00. The molecule has 0 bridgehead atoms. The van der Waals surface area contributed by atoms with Gasteiger partial charge in [0.1, 0.15) is 0 Å². The van der Waals surface area contributed by atoms with Crippen molar-refractivity contribution >= 4 is 43.1 Å². The van der Waals surface area contributed by atoms with Gasteiger partial charge in [0.25, 0.3) is 0 Å². The van der Waals surface area contributed by atoms with Gasteiger partial charge in [0, 0.05) is 0 Å². The second-order valence-electron chi connectivity index (χ2n) is 10.2. The van der Waals surface area contributed by atoms with Gasteiger partial charge in [-0.2, -0.15) is 0 Å². The van der Waals surface area contributed by atoms with Crippen molar-refractivity contribution in [3.8, 4) is 0 Å². The Bertz CT molecular complexity index is 1190. The zero-order chi connectivity index (χ0) is 26.5. The van der Waals surface area contributed by atoms with Crippen LogP contribution in [0.3, 0.4) is 0 Å². The van der Waals surface area contributed by atoms with E-state index < -0.39 is 0 Å². The lowest BCUT2D eigenvalue weighted by molar-refractivity contribution is 0.389. The molecule has 0 spiro atoms. The molecular weight excluding hydrogens is 450 g/mol. The van der Waals surface area contributed by atoms with E-state index in [0.29, 0.717) is 0 Å². The Labute approximate surface area is 223 Å². The van der Waals surface area contributed by atoms with Crippen LogP contribution < -0.4 is 11.7 Å². The molecular formula is C34H45N3. The number of hydrazine groups is 1. The molecule has 0 saturated heterocycles. The minimum Gasteiger partial charge on any atom is -0.309 e. The Balaban J connectivity index is 0.000000221. The number of hydrogen-bond acceptors (Lipinski definition) is 3. The summed E-state index contributed by atoms with van der Waals surface area (Å²) in [7, 11) is 4.31. The van der Waals surface area contributed by atoms with E-state index in [0.717, 1.165) is 0 Å². The van der Waals surface area contributed by atoms with E-state index in [-0.39, 0.29) is 0 Å². The van der Waals surface area contributed by atoms with E-state index in [9.17, 15) is 0 Å². The lowest BCUT2D eigenvalue weighted by Crippen LogP contribution is -2.12. The Morgan fingerprint density at radius 1 is 0.459 bits per heavy atom. The summed E-state index contributed by atoms with van der Waals surface area (Å²) in [5, 5.41) is 10.4. The van der Waals surface area contributed by atoms with Gasteiger partial charge < -0.3 is 4.90 Å². The summed E-state index contributed by atoms with van der Waals surface area (Å²) in [5.41, 5.74) is 0. The van der Waals surface area contributed by atoms with Gasteiger partial charge in [0.15, 0.2) is 0 Å². The van der Waals surface area contributed by atoms with Gasteiger partial charge in [-0.15, -0.1) is 0 Å². The van der Waals surface area contributed by atoms with Crippen molar-refractivity contribution in [2.24, 2.45) is 11.7 Å². The molecule has 0 aromatic heterocycles. The summed E-state index contributed by atoms with van der Waals surface area (Å²) in [5.74, 6) is 8.00. The van der Waals surface area contributed by atoms with Gasteiger partial charge in [-0.05, 0) is 107 Å². The van der Waals surface area contributed by atoms with Crippen molar-refractivity contribution in [1.29, 1.82) is 0 Å². The van der Waals surface area contributed by atoms with Gasteiger partial charge in [0.05, 0.1) is 0 Å². The molecule has 3 heteroatoms. The summed E-state index contributed by atoms with van der Waals surface area (Å²) in [6.45, 7) is 3.53. The van der Waals surface area contributed by atoms with E-state index in [4.69, 9.17) is 0 Å². The molecule has 4 N–H and O–H groups in total. The average Bonchev–Trinajstić information content (AvgIpc) is 2.92. The molecule has 0 radical (unpaired) electrons. The third-order valence-electron chi connectivity index (χ3n) is 6.98. The van der Waals surface area contributed by atoms with Gasteiger partial charge in [0.2, 0.25) is 0 Å². The summed E-state index contributed by atoms with van der Waals surface area (Å²) in [6, 6.07) is 30.9. The molecule has 5 aromatic rings. The first-order valence-electron chi connectivity index (χ1n) is 13.9. The molecule has 0 aliphatic heterocycles. The van der Waals surface area contributed by atoms with Crippen LogP contribution in [0.15, 0.2) is 84.9 Å². The molecule has 0 saturated carbocycles. The molecule has 37 heavy (non-hydrogen) atoms. The largest absolute Gasteiger partial charge is 0.309 e. The Kier molecular flexibility index (Phi) is 11.8. The SMILES string of the molecule is CCCCCCCCCCN(C)C.NN.c1ccc2cc3cc4cc5ccccc5cc4cc3cc2c1. The van der Waals surface area contributed by atoms with Crippen molar-refractivity contribution in [3.05, 3.63) is 84.9 Å². The molecule has 0 unspecified atom stereocenters. The fourth-order valence-electron chi connectivity index (χ4n) is 4.95. The average molecular weight is 496 g/mol. The highest BCUT2D eigenvalue weighted by Gasteiger charge is 2.03. The first-order valence-corrected chi connectivity index (χ1v) is 13.9. The predicted octanol–water partition coefficient (Wildman–Crippen LogP) is 8.81. The molecule has 0 heterocycles. The van der Waals surface area contributed by atoms with Crippen molar-refractivity contribution in [3.63, 3.8) is 0 Å². The number of benzene rings is 5. The normalized spacial score (nSPS) is 11.0. The predicted molar refractivity (Wildman–Crippen MR) is 166 cm³/mol. The van der Waals surface area contributed by atoms with E-state index in [1.54, 1.807) is 0 Å². The van der Waals surface area contributed by atoms with Crippen LogP contribution in [-0.4, -0.2) is 25.5 Å². The third-order valence-corrected chi connectivity index (χ3v) is 6.98. The molecule has 0 amide bonds. The van der Waals surface area contributed by atoms with Crippen LogP contribution in [0.1, 0.15) is 58.3 Å². The fraction of sp³-hybridized carbons (Fsp3) is 0.353. The highest BCUT2D eigenvalue weighted by atomic mass is 15.0. The Hall–Kier alpha value is -2.98. The summed E-state index contributed by atoms with van der Waals surface area (Å²) in [6.07, 6.45) is 11.4. The zero-order valence-electron chi connectivity index (χ0n) is 23.0. The first-order chi connectivity index (χ1) is 18.1. The highest BCUT2D eigenvalue weighted by Crippen LogP contribution is 2.30. The summed E-state index contributed by atoms with van der Waals surface area (Å²) < 4.78 is 0.